The molecule has 1 fully saturated rings. The second-order valence-corrected chi connectivity index (χ2v) is 4.11. The molecule has 1 N–H and O–H groups in total. The maximum Gasteiger partial charge on any atom is 0.155 e. The normalized spacial score (nSPS) is 41.0. The average Bonchev–Trinajstić information content (AvgIpc) is 2.31. The molecule has 0 aromatic carbocycles. The SMILES string of the molecule is C[C@@]12CCC(=O)C=C1CC[C@H]2O. The number of rotatable bonds is 0. The Labute approximate surface area is 72.3 Å². The standard InChI is InChI=1S/C10H14O2/c1-10-5-4-8(11)6-7(10)2-3-9(10)12/h6,9,12H,2-5H2,1H3/t9-,10-/m1/s1. The fraction of sp³-hybridized carbons (Fsp3) is 0.700. The predicted octanol–water partition coefficient (Wildman–Crippen LogP) is 1.44. The first-order valence-corrected chi connectivity index (χ1v) is 4.55. The lowest BCUT2D eigenvalue weighted by molar-refractivity contribution is -0.116. The van der Waals surface area contributed by atoms with Gasteiger partial charge < -0.3 is 5.11 Å². The van der Waals surface area contributed by atoms with Gasteiger partial charge >= 0.3 is 0 Å². The summed E-state index contributed by atoms with van der Waals surface area (Å²) < 4.78 is 0. The van der Waals surface area contributed by atoms with Crippen LogP contribution >= 0.6 is 0 Å². The van der Waals surface area contributed by atoms with Crippen molar-refractivity contribution in [1.82, 2.24) is 0 Å². The third-order valence-electron chi connectivity index (χ3n) is 3.38. The van der Waals surface area contributed by atoms with E-state index >= 15 is 0 Å². The summed E-state index contributed by atoms with van der Waals surface area (Å²) in [6.45, 7) is 2.07. The molecule has 1 saturated carbocycles. The minimum absolute atomic E-state index is 0.0755. The van der Waals surface area contributed by atoms with Gasteiger partial charge in [-0.25, -0.2) is 0 Å². The van der Waals surface area contributed by atoms with E-state index in [2.05, 4.69) is 6.92 Å². The van der Waals surface area contributed by atoms with E-state index in [-0.39, 0.29) is 17.3 Å². The van der Waals surface area contributed by atoms with Crippen LogP contribution in [0.25, 0.3) is 0 Å². The number of allylic oxidation sites excluding steroid dienone is 1. The molecule has 0 amide bonds. The van der Waals surface area contributed by atoms with Gasteiger partial charge in [0, 0.05) is 11.8 Å². The Balaban J connectivity index is 2.37. The van der Waals surface area contributed by atoms with Crippen LogP contribution in [0.2, 0.25) is 0 Å². The largest absolute Gasteiger partial charge is 0.392 e. The molecule has 0 aromatic heterocycles. The highest BCUT2D eigenvalue weighted by Gasteiger charge is 2.43. The van der Waals surface area contributed by atoms with E-state index in [0.717, 1.165) is 19.3 Å². The molecule has 2 rings (SSSR count). The summed E-state index contributed by atoms with van der Waals surface area (Å²) in [6, 6.07) is 0. The molecule has 0 radical (unpaired) electrons. The molecule has 2 atom stereocenters. The molecule has 0 aliphatic heterocycles. The van der Waals surface area contributed by atoms with Crippen LogP contribution in [0.5, 0.6) is 0 Å². The molecule has 2 nitrogen and oxygen atoms in total. The van der Waals surface area contributed by atoms with E-state index in [0.29, 0.717) is 6.42 Å². The highest BCUT2D eigenvalue weighted by molar-refractivity contribution is 5.91. The molecule has 12 heavy (non-hydrogen) atoms. The molecule has 0 saturated heterocycles. The van der Waals surface area contributed by atoms with Crippen molar-refractivity contribution < 1.29 is 9.90 Å². The zero-order chi connectivity index (χ0) is 8.77. The lowest BCUT2D eigenvalue weighted by Gasteiger charge is -2.32. The van der Waals surface area contributed by atoms with Crippen LogP contribution < -0.4 is 0 Å². The lowest BCUT2D eigenvalue weighted by atomic mass is 9.74. The second kappa shape index (κ2) is 2.43. The van der Waals surface area contributed by atoms with Crippen molar-refractivity contribution in [1.29, 1.82) is 0 Å². The molecule has 0 unspecified atom stereocenters. The molecule has 0 heterocycles. The first kappa shape index (κ1) is 7.99. The van der Waals surface area contributed by atoms with Gasteiger partial charge in [0.2, 0.25) is 0 Å². The maximum atomic E-state index is 11.1. The summed E-state index contributed by atoms with van der Waals surface area (Å²) in [5.41, 5.74) is 1.10. The zero-order valence-electron chi connectivity index (χ0n) is 7.34. The van der Waals surface area contributed by atoms with Crippen LogP contribution in [0.1, 0.15) is 32.6 Å². The Morgan fingerprint density at radius 3 is 3.08 bits per heavy atom. The summed E-state index contributed by atoms with van der Waals surface area (Å²) in [5.74, 6) is 0.233. The van der Waals surface area contributed by atoms with Crippen molar-refractivity contribution in [3.05, 3.63) is 11.6 Å². The van der Waals surface area contributed by atoms with Crippen molar-refractivity contribution in [3.8, 4) is 0 Å². The first-order chi connectivity index (χ1) is 5.63. The highest BCUT2D eigenvalue weighted by Crippen LogP contribution is 2.48. The van der Waals surface area contributed by atoms with Gasteiger partial charge in [0.25, 0.3) is 0 Å². The van der Waals surface area contributed by atoms with E-state index in [1.165, 1.54) is 5.57 Å². The molecule has 2 aliphatic carbocycles. The topological polar surface area (TPSA) is 37.3 Å². The fourth-order valence-corrected chi connectivity index (χ4v) is 2.32. The third-order valence-corrected chi connectivity index (χ3v) is 3.38. The van der Waals surface area contributed by atoms with E-state index in [1.54, 1.807) is 6.08 Å². The third kappa shape index (κ3) is 0.944. The van der Waals surface area contributed by atoms with Crippen molar-refractivity contribution in [2.75, 3.05) is 0 Å². The van der Waals surface area contributed by atoms with Crippen LogP contribution in [-0.4, -0.2) is 17.0 Å². The number of hydrogen-bond acceptors (Lipinski definition) is 2. The van der Waals surface area contributed by atoms with Gasteiger partial charge in [-0.1, -0.05) is 12.5 Å². The number of aliphatic hydroxyl groups excluding tert-OH is 1. The molecule has 0 spiro atoms. The van der Waals surface area contributed by atoms with Crippen molar-refractivity contribution >= 4 is 5.78 Å². The number of carbonyl (C=O) groups is 1. The molecule has 66 valence electrons. The van der Waals surface area contributed by atoms with Crippen LogP contribution in [0.3, 0.4) is 0 Å². The van der Waals surface area contributed by atoms with E-state index in [1.807, 2.05) is 0 Å². The van der Waals surface area contributed by atoms with Gasteiger partial charge in [0.05, 0.1) is 6.10 Å². The van der Waals surface area contributed by atoms with Gasteiger partial charge in [0.1, 0.15) is 0 Å². The molecular weight excluding hydrogens is 152 g/mol. The van der Waals surface area contributed by atoms with E-state index < -0.39 is 0 Å². The van der Waals surface area contributed by atoms with Crippen molar-refractivity contribution in [2.45, 2.75) is 38.7 Å². The van der Waals surface area contributed by atoms with Gasteiger partial charge in [-0.15, -0.1) is 0 Å². The van der Waals surface area contributed by atoms with Crippen LogP contribution in [0.15, 0.2) is 11.6 Å². The van der Waals surface area contributed by atoms with Crippen LogP contribution in [0, 0.1) is 5.41 Å². The molecule has 2 heteroatoms. The maximum absolute atomic E-state index is 11.1. The first-order valence-electron chi connectivity index (χ1n) is 4.55. The van der Waals surface area contributed by atoms with E-state index in [4.69, 9.17) is 0 Å². The van der Waals surface area contributed by atoms with Gasteiger partial charge in [0.15, 0.2) is 5.78 Å². The Bertz CT molecular complexity index is 255. The second-order valence-electron chi connectivity index (χ2n) is 4.11. The monoisotopic (exact) mass is 166 g/mol. The number of hydrogen-bond donors (Lipinski definition) is 1. The summed E-state index contributed by atoms with van der Waals surface area (Å²) in [7, 11) is 0. The molecule has 0 aromatic rings. The molecule has 2 aliphatic rings. The number of fused-ring (bicyclic) bond motifs is 1. The van der Waals surface area contributed by atoms with Crippen molar-refractivity contribution in [3.63, 3.8) is 0 Å². The Kier molecular flexibility index (Phi) is 1.62. The summed E-state index contributed by atoms with van der Waals surface area (Å²) >= 11 is 0. The Hall–Kier alpha value is -0.630. The smallest absolute Gasteiger partial charge is 0.155 e. The summed E-state index contributed by atoms with van der Waals surface area (Å²) in [6.07, 6.45) is 4.70. The van der Waals surface area contributed by atoms with Gasteiger partial charge in [-0.2, -0.15) is 0 Å². The summed E-state index contributed by atoms with van der Waals surface area (Å²) in [4.78, 5) is 11.1. The van der Waals surface area contributed by atoms with Crippen LogP contribution in [-0.2, 0) is 4.79 Å². The quantitative estimate of drug-likeness (QED) is 0.591. The Morgan fingerprint density at radius 1 is 1.58 bits per heavy atom. The van der Waals surface area contributed by atoms with Crippen molar-refractivity contribution in [2.24, 2.45) is 5.41 Å². The fourth-order valence-electron chi connectivity index (χ4n) is 2.32. The number of carbonyl (C=O) groups excluding carboxylic acids is 1. The predicted molar refractivity (Wildman–Crippen MR) is 45.7 cm³/mol. The van der Waals surface area contributed by atoms with Gasteiger partial charge in [-0.3, -0.25) is 4.79 Å². The average molecular weight is 166 g/mol. The molecular formula is C10H14O2. The number of ketones is 1. The number of aliphatic hydroxyl groups is 1. The van der Waals surface area contributed by atoms with Gasteiger partial charge in [-0.05, 0) is 25.3 Å². The Morgan fingerprint density at radius 2 is 2.33 bits per heavy atom. The highest BCUT2D eigenvalue weighted by atomic mass is 16.3. The van der Waals surface area contributed by atoms with Crippen LogP contribution in [0.4, 0.5) is 0 Å². The summed E-state index contributed by atoms with van der Waals surface area (Å²) in [5, 5.41) is 9.72. The lowest BCUT2D eigenvalue weighted by Crippen LogP contribution is -2.31. The molecule has 0 bridgehead atoms. The minimum Gasteiger partial charge on any atom is -0.392 e. The van der Waals surface area contributed by atoms with E-state index in [9.17, 15) is 9.90 Å². The minimum atomic E-state index is -0.225. The zero-order valence-corrected chi connectivity index (χ0v) is 7.34.